The Balaban J connectivity index is 1.32. The molecule has 1 saturated heterocycles. The first-order valence-corrected chi connectivity index (χ1v) is 11.3. The fraction of sp³-hybridized carbons (Fsp3) is 0.522. The van der Waals surface area contributed by atoms with Crippen LogP contribution in [0.1, 0.15) is 57.2 Å². The fourth-order valence-electron chi connectivity index (χ4n) is 3.98. The third-order valence-electron chi connectivity index (χ3n) is 5.67. The van der Waals surface area contributed by atoms with Crippen molar-refractivity contribution in [1.29, 1.82) is 0 Å². The third kappa shape index (κ3) is 5.11. The van der Waals surface area contributed by atoms with Gasteiger partial charge in [-0.15, -0.1) is 0 Å². The first-order chi connectivity index (χ1) is 15.4. The van der Waals surface area contributed by atoms with Gasteiger partial charge in [-0.1, -0.05) is 0 Å². The van der Waals surface area contributed by atoms with E-state index >= 15 is 0 Å². The molecule has 0 amide bonds. The largest absolute Gasteiger partial charge is 0.454 e. The summed E-state index contributed by atoms with van der Waals surface area (Å²) in [5.41, 5.74) is 0.991. The lowest BCUT2D eigenvalue weighted by Crippen LogP contribution is -2.26. The standard InChI is InChI=1S/C23H30N6O3/c1-23(2,30)15-28-13-17(12-25-28)26-21-11-19(5-8-24-21)32-20-14-29(18-3-4-18)27-22(20)16-6-9-31-10-7-16/h5,8,11-14,16,18,30H,3-4,6-7,9-10,15H2,1-2H3,(H,24,26). The van der Waals surface area contributed by atoms with Crippen LogP contribution in [0.15, 0.2) is 36.9 Å². The van der Waals surface area contributed by atoms with E-state index in [-0.39, 0.29) is 0 Å². The van der Waals surface area contributed by atoms with Crippen molar-refractivity contribution in [2.45, 2.75) is 63.6 Å². The van der Waals surface area contributed by atoms with Crippen LogP contribution in [0.5, 0.6) is 11.5 Å². The fourth-order valence-corrected chi connectivity index (χ4v) is 3.98. The molecule has 0 atom stereocenters. The van der Waals surface area contributed by atoms with Crippen LogP contribution in [0, 0.1) is 0 Å². The lowest BCUT2D eigenvalue weighted by atomic mass is 9.96. The Kier molecular flexibility index (Phi) is 5.60. The van der Waals surface area contributed by atoms with Gasteiger partial charge in [0.1, 0.15) is 17.3 Å². The first-order valence-electron chi connectivity index (χ1n) is 11.3. The van der Waals surface area contributed by atoms with Gasteiger partial charge in [-0.3, -0.25) is 9.36 Å². The second-order valence-electron chi connectivity index (χ2n) is 9.32. The summed E-state index contributed by atoms with van der Waals surface area (Å²) in [6.07, 6.45) is 11.6. The molecule has 0 aromatic carbocycles. The number of rotatable bonds is 8. The molecule has 2 aliphatic rings. The van der Waals surface area contributed by atoms with Crippen molar-refractivity contribution in [2.24, 2.45) is 0 Å². The van der Waals surface area contributed by atoms with Crippen molar-refractivity contribution in [1.82, 2.24) is 24.5 Å². The molecular formula is C23H30N6O3. The Morgan fingerprint density at radius 3 is 2.78 bits per heavy atom. The van der Waals surface area contributed by atoms with E-state index < -0.39 is 5.60 Å². The maximum Gasteiger partial charge on any atom is 0.168 e. The van der Waals surface area contributed by atoms with Gasteiger partial charge in [0.2, 0.25) is 0 Å². The normalized spacial score (nSPS) is 17.5. The smallest absolute Gasteiger partial charge is 0.168 e. The summed E-state index contributed by atoms with van der Waals surface area (Å²) in [6, 6.07) is 4.22. The summed E-state index contributed by atoms with van der Waals surface area (Å²) in [5.74, 6) is 2.54. The lowest BCUT2D eigenvalue weighted by molar-refractivity contribution is 0.0577. The molecular weight excluding hydrogens is 408 g/mol. The predicted octanol–water partition coefficient (Wildman–Crippen LogP) is 4.01. The summed E-state index contributed by atoms with van der Waals surface area (Å²) in [4.78, 5) is 4.40. The van der Waals surface area contributed by atoms with E-state index in [2.05, 4.69) is 20.1 Å². The van der Waals surface area contributed by atoms with Gasteiger partial charge in [-0.25, -0.2) is 4.98 Å². The minimum atomic E-state index is -0.831. The molecule has 1 aliphatic heterocycles. The topological polar surface area (TPSA) is 99.3 Å². The molecule has 0 unspecified atom stereocenters. The van der Waals surface area contributed by atoms with Gasteiger partial charge < -0.3 is 19.9 Å². The van der Waals surface area contributed by atoms with Crippen molar-refractivity contribution >= 4 is 11.5 Å². The Bertz CT molecular complexity index is 1060. The summed E-state index contributed by atoms with van der Waals surface area (Å²) in [5, 5.41) is 22.4. The Morgan fingerprint density at radius 2 is 2.03 bits per heavy atom. The van der Waals surface area contributed by atoms with E-state index in [4.69, 9.17) is 14.6 Å². The lowest BCUT2D eigenvalue weighted by Gasteiger charge is -2.21. The molecule has 2 N–H and O–H groups in total. The highest BCUT2D eigenvalue weighted by atomic mass is 16.5. The van der Waals surface area contributed by atoms with E-state index in [0.717, 1.165) is 43.2 Å². The quantitative estimate of drug-likeness (QED) is 0.548. The number of aromatic nitrogens is 5. The van der Waals surface area contributed by atoms with Crippen molar-refractivity contribution in [3.05, 3.63) is 42.6 Å². The van der Waals surface area contributed by atoms with Crippen molar-refractivity contribution in [3.63, 3.8) is 0 Å². The van der Waals surface area contributed by atoms with Crippen LogP contribution in [-0.2, 0) is 11.3 Å². The average Bonchev–Trinajstić information content (AvgIpc) is 3.39. The summed E-state index contributed by atoms with van der Waals surface area (Å²) in [6.45, 7) is 5.45. The number of pyridine rings is 1. The Labute approximate surface area is 187 Å². The molecule has 9 nitrogen and oxygen atoms in total. The van der Waals surface area contributed by atoms with Gasteiger partial charge in [-0.05, 0) is 45.6 Å². The molecule has 4 heterocycles. The second-order valence-corrected chi connectivity index (χ2v) is 9.32. The summed E-state index contributed by atoms with van der Waals surface area (Å²) in [7, 11) is 0. The van der Waals surface area contributed by atoms with Crippen LogP contribution in [0.3, 0.4) is 0 Å². The molecule has 32 heavy (non-hydrogen) atoms. The molecule has 3 aromatic rings. The molecule has 170 valence electrons. The van der Waals surface area contributed by atoms with Gasteiger partial charge in [0.15, 0.2) is 5.75 Å². The number of nitrogens with one attached hydrogen (secondary N) is 1. The molecule has 1 aliphatic carbocycles. The molecule has 0 radical (unpaired) electrons. The number of ether oxygens (including phenoxy) is 2. The maximum atomic E-state index is 9.98. The molecule has 0 spiro atoms. The van der Waals surface area contributed by atoms with Crippen LogP contribution in [0.25, 0.3) is 0 Å². The highest BCUT2D eigenvalue weighted by Gasteiger charge is 2.29. The second kappa shape index (κ2) is 8.55. The molecule has 0 bridgehead atoms. The zero-order valence-electron chi connectivity index (χ0n) is 18.6. The molecule has 1 saturated carbocycles. The van der Waals surface area contributed by atoms with Gasteiger partial charge in [0.05, 0.1) is 36.3 Å². The Hall–Kier alpha value is -2.91. The maximum absolute atomic E-state index is 9.98. The molecule has 5 rings (SSSR count). The third-order valence-corrected chi connectivity index (χ3v) is 5.67. The van der Waals surface area contributed by atoms with E-state index in [1.807, 2.05) is 24.5 Å². The van der Waals surface area contributed by atoms with E-state index in [9.17, 15) is 5.11 Å². The van der Waals surface area contributed by atoms with Crippen LogP contribution in [0.4, 0.5) is 11.5 Å². The van der Waals surface area contributed by atoms with E-state index in [0.29, 0.717) is 30.1 Å². The molecule has 2 fully saturated rings. The Morgan fingerprint density at radius 1 is 1.22 bits per heavy atom. The zero-order chi connectivity index (χ0) is 22.1. The number of nitrogens with zero attached hydrogens (tertiary/aromatic N) is 5. The highest BCUT2D eigenvalue weighted by molar-refractivity contribution is 5.55. The van der Waals surface area contributed by atoms with E-state index in [1.165, 1.54) is 12.8 Å². The summed E-state index contributed by atoms with van der Waals surface area (Å²) >= 11 is 0. The predicted molar refractivity (Wildman–Crippen MR) is 119 cm³/mol. The molecule has 9 heteroatoms. The monoisotopic (exact) mass is 438 g/mol. The van der Waals surface area contributed by atoms with Crippen molar-refractivity contribution in [3.8, 4) is 11.5 Å². The van der Waals surface area contributed by atoms with Gasteiger partial charge >= 0.3 is 0 Å². The molecule has 3 aromatic heterocycles. The number of anilines is 2. The number of aliphatic hydroxyl groups is 1. The van der Waals surface area contributed by atoms with Crippen LogP contribution < -0.4 is 10.1 Å². The number of hydrogen-bond acceptors (Lipinski definition) is 7. The van der Waals surface area contributed by atoms with Crippen LogP contribution in [0.2, 0.25) is 0 Å². The average molecular weight is 439 g/mol. The van der Waals surface area contributed by atoms with E-state index in [1.54, 1.807) is 30.9 Å². The van der Waals surface area contributed by atoms with Crippen molar-refractivity contribution in [2.75, 3.05) is 18.5 Å². The SMILES string of the molecule is CC(C)(O)Cn1cc(Nc2cc(Oc3cn(C4CC4)nc3C3CCOCC3)ccn2)cn1. The minimum Gasteiger partial charge on any atom is -0.454 e. The minimum absolute atomic E-state index is 0.361. The van der Waals surface area contributed by atoms with Crippen molar-refractivity contribution < 1.29 is 14.6 Å². The summed E-state index contributed by atoms with van der Waals surface area (Å²) < 4.78 is 15.6. The zero-order valence-corrected chi connectivity index (χ0v) is 18.6. The highest BCUT2D eigenvalue weighted by Crippen LogP contribution is 2.40. The van der Waals surface area contributed by atoms with Crippen LogP contribution in [-0.4, -0.2) is 48.5 Å². The van der Waals surface area contributed by atoms with Gasteiger partial charge in [-0.2, -0.15) is 10.2 Å². The first kappa shape index (κ1) is 21.0. The van der Waals surface area contributed by atoms with Crippen LogP contribution >= 0.6 is 0 Å². The van der Waals surface area contributed by atoms with Gasteiger partial charge in [0.25, 0.3) is 0 Å². The number of hydrogen-bond donors (Lipinski definition) is 2. The van der Waals surface area contributed by atoms with Gasteiger partial charge in [0, 0.05) is 37.6 Å².